The number of hydrogen-bond donors (Lipinski definition) is 0. The zero-order valence-corrected chi connectivity index (χ0v) is 18.9. The fourth-order valence-electron chi connectivity index (χ4n) is 4.78. The largest absolute Gasteiger partial charge is 0.304 e. The van der Waals surface area contributed by atoms with Crippen LogP contribution in [0.2, 0.25) is 0 Å². The van der Waals surface area contributed by atoms with Crippen LogP contribution in [-0.2, 0) is 30.8 Å². The van der Waals surface area contributed by atoms with Gasteiger partial charge in [0.25, 0.3) is 10.8 Å². The number of aryl methyl sites for hydroxylation is 2. The van der Waals surface area contributed by atoms with Crippen LogP contribution in [0.3, 0.4) is 0 Å². The quantitative estimate of drug-likeness (QED) is 0.594. The number of benzene rings is 3. The van der Waals surface area contributed by atoms with Crippen molar-refractivity contribution in [2.75, 3.05) is 15.6 Å². The fourth-order valence-corrected chi connectivity index (χ4v) is 6.81. The molecule has 5 rings (SSSR count). The zero-order valence-electron chi connectivity index (χ0n) is 18.1. The molecule has 0 radical (unpaired) electrons. The first-order valence-electron chi connectivity index (χ1n) is 10.5. The van der Waals surface area contributed by atoms with Crippen LogP contribution in [0, 0.1) is 19.7 Å². The summed E-state index contributed by atoms with van der Waals surface area (Å²) in [5, 5.41) is 0. The minimum atomic E-state index is -4.26. The van der Waals surface area contributed by atoms with Crippen molar-refractivity contribution in [2.24, 2.45) is 0 Å². The Morgan fingerprint density at radius 2 is 1.67 bits per heavy atom. The molecule has 0 aliphatic carbocycles. The third kappa shape index (κ3) is 2.94. The first-order chi connectivity index (χ1) is 15.7. The molecule has 168 valence electrons. The predicted molar refractivity (Wildman–Crippen MR) is 123 cm³/mol. The molecule has 2 aliphatic heterocycles. The van der Waals surface area contributed by atoms with Gasteiger partial charge in [-0.15, -0.1) is 0 Å². The normalized spacial score (nSPS) is 21.2. The number of amides is 2. The molecule has 0 saturated carbocycles. The lowest BCUT2D eigenvalue weighted by Gasteiger charge is -2.32. The van der Waals surface area contributed by atoms with Crippen LogP contribution in [0.5, 0.6) is 0 Å². The molecule has 2 aliphatic rings. The molecule has 3 aromatic carbocycles. The summed E-state index contributed by atoms with van der Waals surface area (Å²) in [6.07, 6.45) is 0. The lowest BCUT2D eigenvalue weighted by molar-refractivity contribution is -0.123. The molecule has 0 N–H and O–H groups in total. The number of rotatable bonds is 3. The average Bonchev–Trinajstić information content (AvgIpc) is 3.14. The Kier molecular flexibility index (Phi) is 4.68. The molecule has 1 saturated heterocycles. The van der Waals surface area contributed by atoms with Crippen LogP contribution in [0.4, 0.5) is 15.8 Å². The van der Waals surface area contributed by atoms with Gasteiger partial charge >= 0.3 is 0 Å². The second-order valence-electron chi connectivity index (χ2n) is 8.45. The second kappa shape index (κ2) is 7.25. The van der Waals surface area contributed by atoms with Crippen molar-refractivity contribution < 1.29 is 22.4 Å². The standard InChI is InChI=1S/C25H21FN2O4S/c1-16-7-8-17(2)18(13-16)14-27-22-6-4-3-5-21(22)25(24(27)30)28(23(29)15-33(25,31)32)20-11-9-19(26)10-12-20/h3-13H,14-15H2,1-2H3/t25-/m0/s1. The van der Waals surface area contributed by atoms with Crippen molar-refractivity contribution in [1.82, 2.24) is 0 Å². The van der Waals surface area contributed by atoms with Gasteiger partial charge in [-0.1, -0.05) is 42.0 Å². The van der Waals surface area contributed by atoms with Gasteiger partial charge in [-0.05, 0) is 55.3 Å². The fraction of sp³-hybridized carbons (Fsp3) is 0.200. The van der Waals surface area contributed by atoms with Crippen molar-refractivity contribution in [2.45, 2.75) is 25.3 Å². The van der Waals surface area contributed by atoms with Crippen LogP contribution < -0.4 is 9.80 Å². The molecule has 1 atom stereocenters. The van der Waals surface area contributed by atoms with Crippen molar-refractivity contribution in [1.29, 1.82) is 0 Å². The summed E-state index contributed by atoms with van der Waals surface area (Å²) in [5.41, 5.74) is 3.68. The molecular formula is C25H21FN2O4S. The monoisotopic (exact) mass is 464 g/mol. The lowest BCUT2D eigenvalue weighted by atomic mass is 10.0. The van der Waals surface area contributed by atoms with E-state index in [1.165, 1.54) is 17.0 Å². The summed E-state index contributed by atoms with van der Waals surface area (Å²) in [6, 6.07) is 17.4. The SMILES string of the molecule is Cc1ccc(C)c(CN2C(=O)[C@@]3(c4ccccc42)N(c2ccc(F)cc2)C(=O)CS3(=O)=O)c1. The molecule has 2 amide bonds. The Morgan fingerprint density at radius 1 is 0.970 bits per heavy atom. The highest BCUT2D eigenvalue weighted by Crippen LogP contribution is 2.52. The summed E-state index contributed by atoms with van der Waals surface area (Å²) in [6.45, 7) is 4.03. The number of carbonyl (C=O) groups is 2. The van der Waals surface area contributed by atoms with E-state index in [2.05, 4.69) is 0 Å². The molecule has 0 bridgehead atoms. The Morgan fingerprint density at radius 3 is 2.39 bits per heavy atom. The van der Waals surface area contributed by atoms with Crippen molar-refractivity contribution in [3.8, 4) is 0 Å². The van der Waals surface area contributed by atoms with Crippen molar-refractivity contribution >= 4 is 33.0 Å². The Labute approximate surface area is 191 Å². The van der Waals surface area contributed by atoms with Crippen LogP contribution in [-0.4, -0.2) is 26.0 Å². The van der Waals surface area contributed by atoms with E-state index in [1.54, 1.807) is 24.3 Å². The first-order valence-corrected chi connectivity index (χ1v) is 12.1. The second-order valence-corrected chi connectivity index (χ2v) is 10.6. The Bertz CT molecular complexity index is 1420. The van der Waals surface area contributed by atoms with Crippen LogP contribution in [0.15, 0.2) is 66.7 Å². The highest BCUT2D eigenvalue weighted by Gasteiger charge is 2.69. The molecule has 3 aromatic rings. The van der Waals surface area contributed by atoms with Gasteiger partial charge in [0.1, 0.15) is 11.6 Å². The van der Waals surface area contributed by atoms with E-state index in [9.17, 15) is 22.4 Å². The molecule has 2 heterocycles. The third-order valence-corrected chi connectivity index (χ3v) is 8.45. The summed E-state index contributed by atoms with van der Waals surface area (Å²) < 4.78 is 40.7. The minimum Gasteiger partial charge on any atom is -0.304 e. The van der Waals surface area contributed by atoms with Gasteiger partial charge in [-0.2, -0.15) is 0 Å². The maximum Gasteiger partial charge on any atom is 0.274 e. The summed E-state index contributed by atoms with van der Waals surface area (Å²) in [5.74, 6) is -2.77. The number of para-hydroxylation sites is 1. The van der Waals surface area contributed by atoms with Crippen LogP contribution in [0.1, 0.15) is 22.3 Å². The summed E-state index contributed by atoms with van der Waals surface area (Å²) in [7, 11) is -4.26. The number of carbonyl (C=O) groups excluding carboxylic acids is 2. The highest BCUT2D eigenvalue weighted by atomic mass is 32.2. The maximum absolute atomic E-state index is 14.1. The van der Waals surface area contributed by atoms with E-state index in [1.807, 2.05) is 32.0 Å². The predicted octanol–water partition coefficient (Wildman–Crippen LogP) is 3.60. The number of hydrogen-bond acceptors (Lipinski definition) is 4. The zero-order chi connectivity index (χ0) is 23.5. The van der Waals surface area contributed by atoms with Gasteiger partial charge in [0.2, 0.25) is 5.91 Å². The number of sulfone groups is 1. The topological polar surface area (TPSA) is 74.8 Å². The van der Waals surface area contributed by atoms with Gasteiger partial charge in [-0.3, -0.25) is 14.5 Å². The van der Waals surface area contributed by atoms with E-state index in [0.717, 1.165) is 33.7 Å². The van der Waals surface area contributed by atoms with E-state index in [0.29, 0.717) is 5.69 Å². The molecule has 8 heteroatoms. The average molecular weight is 465 g/mol. The minimum absolute atomic E-state index is 0.152. The Balaban J connectivity index is 1.74. The molecule has 33 heavy (non-hydrogen) atoms. The molecule has 1 spiro atoms. The molecule has 1 fully saturated rings. The van der Waals surface area contributed by atoms with Crippen molar-refractivity contribution in [3.05, 3.63) is 94.8 Å². The molecular weight excluding hydrogens is 443 g/mol. The van der Waals surface area contributed by atoms with Crippen molar-refractivity contribution in [3.63, 3.8) is 0 Å². The summed E-state index contributed by atoms with van der Waals surface area (Å²) in [4.78, 5) is 27.3. The van der Waals surface area contributed by atoms with Gasteiger partial charge in [0, 0.05) is 11.3 Å². The van der Waals surface area contributed by atoms with Gasteiger partial charge in [0.05, 0.1) is 12.2 Å². The van der Waals surface area contributed by atoms with Gasteiger partial charge in [0.15, 0.2) is 9.84 Å². The number of halogens is 1. The van der Waals surface area contributed by atoms with Gasteiger partial charge < -0.3 is 4.90 Å². The number of nitrogens with zero attached hydrogens (tertiary/aromatic N) is 2. The summed E-state index contributed by atoms with van der Waals surface area (Å²) >= 11 is 0. The van der Waals surface area contributed by atoms with Gasteiger partial charge in [-0.25, -0.2) is 12.8 Å². The number of anilines is 2. The molecule has 6 nitrogen and oxygen atoms in total. The van der Waals surface area contributed by atoms with E-state index in [-0.39, 0.29) is 17.8 Å². The Hall–Kier alpha value is -3.52. The maximum atomic E-state index is 14.1. The van der Waals surface area contributed by atoms with E-state index < -0.39 is 38.1 Å². The van der Waals surface area contributed by atoms with E-state index >= 15 is 0 Å². The first kappa shape index (κ1) is 21.3. The highest BCUT2D eigenvalue weighted by molar-refractivity contribution is 7.94. The van der Waals surface area contributed by atoms with Crippen LogP contribution in [0.25, 0.3) is 0 Å². The smallest absolute Gasteiger partial charge is 0.274 e. The van der Waals surface area contributed by atoms with E-state index in [4.69, 9.17) is 0 Å². The molecule has 0 unspecified atom stereocenters. The molecule has 0 aromatic heterocycles. The lowest BCUT2D eigenvalue weighted by Crippen LogP contribution is -2.54. The third-order valence-electron chi connectivity index (χ3n) is 6.34. The van der Waals surface area contributed by atoms with Crippen LogP contribution >= 0.6 is 0 Å². The number of fused-ring (bicyclic) bond motifs is 2.